The molecule has 1 heterocycles. The molecule has 6 N–H and O–H groups in total. The van der Waals surface area contributed by atoms with E-state index in [9.17, 15) is 49.5 Å². The van der Waals surface area contributed by atoms with E-state index in [2.05, 4.69) is 4.74 Å². The van der Waals surface area contributed by atoms with E-state index in [0.29, 0.717) is 0 Å². The zero-order chi connectivity index (χ0) is 27.2. The van der Waals surface area contributed by atoms with Gasteiger partial charge in [0, 0.05) is 11.1 Å². The quantitative estimate of drug-likeness (QED) is 0.170. The molecule has 37 heavy (non-hydrogen) atoms. The number of benzene rings is 2. The fraction of sp³-hybridized carbons (Fsp3) is 0.261. The first-order chi connectivity index (χ1) is 17.4. The van der Waals surface area contributed by atoms with E-state index in [-0.39, 0.29) is 22.4 Å². The van der Waals surface area contributed by atoms with Crippen LogP contribution in [0.3, 0.4) is 0 Å². The van der Waals surface area contributed by atoms with Crippen molar-refractivity contribution in [2.75, 3.05) is 6.61 Å². The third-order valence-corrected chi connectivity index (χ3v) is 5.80. The van der Waals surface area contributed by atoms with Gasteiger partial charge in [0.15, 0.2) is 5.78 Å². The van der Waals surface area contributed by atoms with Crippen molar-refractivity contribution in [2.24, 2.45) is 0 Å². The van der Waals surface area contributed by atoms with Gasteiger partial charge >= 0.3 is 17.9 Å². The summed E-state index contributed by atoms with van der Waals surface area (Å²) in [6, 6.07) is 5.52. The number of ketones is 2. The van der Waals surface area contributed by atoms with Crippen molar-refractivity contribution in [1.82, 2.24) is 0 Å². The van der Waals surface area contributed by atoms with E-state index in [1.54, 1.807) is 0 Å². The molecule has 0 aromatic heterocycles. The number of aromatic carboxylic acids is 1. The number of aliphatic hydroxyl groups is 3. The second-order valence-corrected chi connectivity index (χ2v) is 8.10. The molecule has 5 atom stereocenters. The molecule has 14 heteroatoms. The van der Waals surface area contributed by atoms with Crippen molar-refractivity contribution in [3.8, 4) is 11.5 Å². The van der Waals surface area contributed by atoms with Gasteiger partial charge in [0.2, 0.25) is 12.1 Å². The van der Waals surface area contributed by atoms with Crippen LogP contribution in [0.4, 0.5) is 0 Å². The molecule has 2 aliphatic rings. The fourth-order valence-corrected chi connectivity index (χ4v) is 3.99. The Bertz CT molecular complexity index is 1330. The van der Waals surface area contributed by atoms with Gasteiger partial charge in [-0.1, -0.05) is 12.1 Å². The van der Waals surface area contributed by atoms with Gasteiger partial charge in [-0.15, -0.1) is 0 Å². The number of aliphatic carboxylic acids is 1. The van der Waals surface area contributed by atoms with Crippen LogP contribution in [-0.4, -0.2) is 97.4 Å². The summed E-state index contributed by atoms with van der Waals surface area (Å²) in [5.74, 6) is -7.83. The molecule has 0 bridgehead atoms. The number of fused-ring (bicyclic) bond motifs is 2. The highest BCUT2D eigenvalue weighted by Crippen LogP contribution is 2.38. The lowest BCUT2D eigenvalue weighted by Gasteiger charge is -2.40. The number of carboxylic acid groups (broad SMARTS) is 2. The first kappa shape index (κ1) is 25.7. The third-order valence-electron chi connectivity index (χ3n) is 5.80. The van der Waals surface area contributed by atoms with Gasteiger partial charge in [-0.25, -0.2) is 14.4 Å². The molecule has 0 spiro atoms. The molecular formula is C23H18O14. The number of carboxylic acids is 2. The summed E-state index contributed by atoms with van der Waals surface area (Å²) >= 11 is 0. The number of hydrogen-bond acceptors (Lipinski definition) is 12. The number of aromatic hydroxyl groups is 1. The monoisotopic (exact) mass is 518 g/mol. The van der Waals surface area contributed by atoms with Crippen LogP contribution in [0.2, 0.25) is 0 Å². The van der Waals surface area contributed by atoms with Gasteiger partial charge < -0.3 is 44.8 Å². The largest absolute Gasteiger partial charge is 0.507 e. The molecule has 1 aliphatic carbocycles. The Labute approximate surface area is 205 Å². The van der Waals surface area contributed by atoms with Gasteiger partial charge in [-0.3, -0.25) is 9.59 Å². The van der Waals surface area contributed by atoms with E-state index in [1.165, 1.54) is 18.2 Å². The molecule has 1 saturated heterocycles. The maximum Gasteiger partial charge on any atom is 0.417 e. The number of rotatable bonds is 5. The van der Waals surface area contributed by atoms with Crippen LogP contribution >= 0.6 is 0 Å². The minimum atomic E-state index is -1.92. The molecular weight excluding hydrogens is 500 g/mol. The van der Waals surface area contributed by atoms with Crippen LogP contribution in [-0.2, 0) is 19.1 Å². The number of ether oxygens (including phenoxy) is 3. The maximum atomic E-state index is 13.3. The summed E-state index contributed by atoms with van der Waals surface area (Å²) in [5.41, 5.74) is -1.81. The van der Waals surface area contributed by atoms with Crippen LogP contribution in [0.25, 0.3) is 0 Å². The summed E-state index contributed by atoms with van der Waals surface area (Å²) in [7, 11) is 0. The molecule has 0 radical (unpaired) electrons. The number of esters is 1. The Hall–Kier alpha value is -4.37. The van der Waals surface area contributed by atoms with Gasteiger partial charge in [-0.05, 0) is 18.2 Å². The smallest absolute Gasteiger partial charge is 0.417 e. The summed E-state index contributed by atoms with van der Waals surface area (Å²) in [6.07, 6.45) is -9.00. The van der Waals surface area contributed by atoms with Gasteiger partial charge in [0.05, 0.1) is 16.7 Å². The van der Waals surface area contributed by atoms with Crippen molar-refractivity contribution < 1.29 is 68.8 Å². The zero-order valence-electron chi connectivity index (χ0n) is 18.4. The molecule has 2 aromatic rings. The Kier molecular flexibility index (Phi) is 6.66. The molecule has 4 rings (SSSR count). The molecule has 194 valence electrons. The maximum absolute atomic E-state index is 13.3. The zero-order valence-corrected chi connectivity index (χ0v) is 18.4. The van der Waals surface area contributed by atoms with Crippen molar-refractivity contribution in [2.45, 2.75) is 30.7 Å². The minimum absolute atomic E-state index is 0.213. The number of carbonyl (C=O) groups excluding carboxylic acids is 3. The number of phenolic OH excluding ortho intramolecular Hbond substituents is 1. The molecule has 0 unspecified atom stereocenters. The predicted molar refractivity (Wildman–Crippen MR) is 114 cm³/mol. The number of aliphatic hydroxyl groups excluding tert-OH is 3. The van der Waals surface area contributed by atoms with Crippen LogP contribution in [0, 0.1) is 0 Å². The average molecular weight is 518 g/mol. The van der Waals surface area contributed by atoms with Crippen molar-refractivity contribution in [3.05, 3.63) is 58.1 Å². The Morgan fingerprint density at radius 3 is 2.24 bits per heavy atom. The van der Waals surface area contributed by atoms with Crippen molar-refractivity contribution in [3.63, 3.8) is 0 Å². The number of carbonyl (C=O) groups is 5. The first-order valence-electron chi connectivity index (χ1n) is 10.5. The lowest BCUT2D eigenvalue weighted by Crippen LogP contribution is -2.60. The van der Waals surface area contributed by atoms with Crippen LogP contribution in [0.5, 0.6) is 11.5 Å². The second kappa shape index (κ2) is 9.59. The SMILES string of the molecule is O=C(O)C(=O)OC[C@H]1O[C@@H](Oc2cccc3c2C(=O)c2c(O)cc(C(=O)O)cc2C3=O)[C@H](O)[C@@H](O)[C@@H]1O. The highest BCUT2D eigenvalue weighted by molar-refractivity contribution is 6.30. The topological polar surface area (TPSA) is 234 Å². The number of hydrogen-bond donors (Lipinski definition) is 6. The van der Waals surface area contributed by atoms with Crippen LogP contribution in [0.1, 0.15) is 42.2 Å². The van der Waals surface area contributed by atoms with Crippen molar-refractivity contribution in [1.29, 1.82) is 0 Å². The average Bonchev–Trinajstić information content (AvgIpc) is 2.85. The highest BCUT2D eigenvalue weighted by Gasteiger charge is 2.46. The molecule has 1 fully saturated rings. The van der Waals surface area contributed by atoms with Crippen LogP contribution in [0.15, 0.2) is 30.3 Å². The van der Waals surface area contributed by atoms with Crippen molar-refractivity contribution >= 4 is 29.5 Å². The number of phenols is 1. The fourth-order valence-electron chi connectivity index (χ4n) is 3.99. The molecule has 0 saturated carbocycles. The van der Waals surface area contributed by atoms with E-state index >= 15 is 0 Å². The summed E-state index contributed by atoms with van der Waals surface area (Å²) in [4.78, 5) is 59.5. The van der Waals surface area contributed by atoms with Gasteiger partial charge in [0.1, 0.15) is 42.5 Å². The van der Waals surface area contributed by atoms with E-state index in [4.69, 9.17) is 14.6 Å². The lowest BCUT2D eigenvalue weighted by molar-refractivity contribution is -0.278. The predicted octanol–water partition coefficient (Wildman–Crippen LogP) is -1.32. The second-order valence-electron chi connectivity index (χ2n) is 8.10. The normalized spacial score (nSPS) is 24.6. The van der Waals surface area contributed by atoms with E-state index in [1.807, 2.05) is 0 Å². The van der Waals surface area contributed by atoms with Gasteiger partial charge in [-0.2, -0.15) is 0 Å². The first-order valence-corrected chi connectivity index (χ1v) is 10.5. The minimum Gasteiger partial charge on any atom is -0.507 e. The summed E-state index contributed by atoms with van der Waals surface area (Å²) in [6.45, 7) is -0.840. The summed E-state index contributed by atoms with van der Waals surface area (Å²) < 4.78 is 15.4. The molecule has 0 amide bonds. The Balaban J connectivity index is 1.66. The third kappa shape index (κ3) is 4.49. The lowest BCUT2D eigenvalue weighted by atomic mass is 9.82. The van der Waals surface area contributed by atoms with E-state index < -0.39 is 83.7 Å². The van der Waals surface area contributed by atoms with E-state index in [0.717, 1.165) is 12.1 Å². The molecule has 2 aromatic carbocycles. The molecule has 1 aliphatic heterocycles. The Morgan fingerprint density at radius 2 is 1.59 bits per heavy atom. The standard InChI is InChI=1S/C23H18O14/c24-10-5-7(20(30)31)4-9-13(10)17(27)14-8(15(9)25)2-1-3-11(14)36-23-19(29)18(28)16(26)12(37-23)6-35-22(34)21(32)33/h1-5,12,16,18-19,23-24,26,28-29H,6H2,(H,30,31)(H,32,33)/t12-,16-,18+,19-,23-/m1/s1. The van der Waals surface area contributed by atoms with Crippen LogP contribution < -0.4 is 4.74 Å². The Morgan fingerprint density at radius 1 is 0.892 bits per heavy atom. The highest BCUT2D eigenvalue weighted by atomic mass is 16.7. The summed E-state index contributed by atoms with van der Waals surface area (Å²) in [5, 5.41) is 58.8. The molecule has 14 nitrogen and oxygen atoms in total. The van der Waals surface area contributed by atoms with Gasteiger partial charge in [0.25, 0.3) is 0 Å².